The molecular formula is C13H23BrN2O2S2. The number of sulfonamides is 1. The predicted molar refractivity (Wildman–Crippen MR) is 88.6 cm³/mol. The Labute approximate surface area is 134 Å². The summed E-state index contributed by atoms with van der Waals surface area (Å²) in [6.07, 6.45) is 0.836. The first-order valence-corrected chi connectivity index (χ1v) is 9.83. The van der Waals surface area contributed by atoms with Crippen LogP contribution in [0.2, 0.25) is 0 Å². The minimum atomic E-state index is -3.42. The van der Waals surface area contributed by atoms with Gasteiger partial charge in [0.1, 0.15) is 4.90 Å². The van der Waals surface area contributed by atoms with Gasteiger partial charge in [-0.2, -0.15) is 0 Å². The number of rotatable bonds is 8. The number of halogens is 1. The van der Waals surface area contributed by atoms with E-state index < -0.39 is 10.0 Å². The van der Waals surface area contributed by atoms with Crippen LogP contribution in [0.1, 0.15) is 39.0 Å². The highest BCUT2D eigenvalue weighted by atomic mass is 79.9. The van der Waals surface area contributed by atoms with Crippen molar-refractivity contribution in [2.45, 2.75) is 51.6 Å². The van der Waals surface area contributed by atoms with Crippen LogP contribution in [0.15, 0.2) is 14.7 Å². The second-order valence-electron chi connectivity index (χ2n) is 5.47. The van der Waals surface area contributed by atoms with Gasteiger partial charge in [0.25, 0.3) is 0 Å². The largest absolute Gasteiger partial charge is 0.310 e. The Bertz CT molecular complexity index is 524. The molecule has 0 spiro atoms. The summed E-state index contributed by atoms with van der Waals surface area (Å²) in [5.41, 5.74) is 0. The van der Waals surface area contributed by atoms with Crippen LogP contribution in [0.5, 0.6) is 0 Å². The van der Waals surface area contributed by atoms with Crippen LogP contribution in [0.25, 0.3) is 0 Å². The summed E-state index contributed by atoms with van der Waals surface area (Å²) in [6, 6.07) is 2.11. The third-order valence-electron chi connectivity index (χ3n) is 2.69. The molecule has 1 heterocycles. The van der Waals surface area contributed by atoms with Crippen molar-refractivity contribution >= 4 is 37.3 Å². The van der Waals surface area contributed by atoms with Gasteiger partial charge in [-0.3, -0.25) is 0 Å². The highest BCUT2D eigenvalue weighted by Gasteiger charge is 2.20. The standard InChI is InChI=1S/C13H23BrN2O2S2/c1-9(2)5-6-16-20(17,18)12-7-11(19-13(12)14)8-15-10(3)4/h7,9-10,15-16H,5-6,8H2,1-4H3. The molecule has 0 bridgehead atoms. The van der Waals surface area contributed by atoms with Crippen LogP contribution in [0.4, 0.5) is 0 Å². The average molecular weight is 383 g/mol. The number of thiophene rings is 1. The molecule has 1 aromatic heterocycles. The SMILES string of the molecule is CC(C)CCNS(=O)(=O)c1cc(CNC(C)C)sc1Br. The van der Waals surface area contributed by atoms with E-state index in [0.717, 1.165) is 11.3 Å². The zero-order chi connectivity index (χ0) is 15.3. The van der Waals surface area contributed by atoms with Gasteiger partial charge < -0.3 is 5.32 Å². The maximum Gasteiger partial charge on any atom is 0.242 e. The summed E-state index contributed by atoms with van der Waals surface area (Å²) >= 11 is 4.81. The van der Waals surface area contributed by atoms with E-state index in [-0.39, 0.29) is 0 Å². The molecule has 2 N–H and O–H groups in total. The van der Waals surface area contributed by atoms with Gasteiger partial charge in [0.05, 0.1) is 3.79 Å². The van der Waals surface area contributed by atoms with E-state index in [0.29, 0.717) is 33.7 Å². The third kappa shape index (κ3) is 5.81. The molecule has 0 fully saturated rings. The molecule has 20 heavy (non-hydrogen) atoms. The van der Waals surface area contributed by atoms with Crippen molar-refractivity contribution in [1.29, 1.82) is 0 Å². The van der Waals surface area contributed by atoms with Gasteiger partial charge in [0.15, 0.2) is 0 Å². The molecule has 0 aromatic carbocycles. The van der Waals surface area contributed by atoms with E-state index in [9.17, 15) is 8.42 Å². The minimum absolute atomic E-state index is 0.340. The Kier molecular flexibility index (Phi) is 7.14. The Hall–Kier alpha value is 0.0500. The normalized spacial score (nSPS) is 12.6. The molecule has 0 aliphatic heterocycles. The Morgan fingerprint density at radius 2 is 1.95 bits per heavy atom. The van der Waals surface area contributed by atoms with Crippen LogP contribution in [0, 0.1) is 5.92 Å². The van der Waals surface area contributed by atoms with E-state index >= 15 is 0 Å². The first-order chi connectivity index (χ1) is 9.22. The van der Waals surface area contributed by atoms with Crippen LogP contribution in [-0.4, -0.2) is 21.0 Å². The quantitative estimate of drug-likeness (QED) is 0.724. The predicted octanol–water partition coefficient (Wildman–Crippen LogP) is 3.33. The van der Waals surface area contributed by atoms with E-state index in [4.69, 9.17) is 0 Å². The van der Waals surface area contributed by atoms with Crippen molar-refractivity contribution in [2.75, 3.05) is 6.54 Å². The highest BCUT2D eigenvalue weighted by Crippen LogP contribution is 2.31. The molecule has 7 heteroatoms. The monoisotopic (exact) mass is 382 g/mol. The van der Waals surface area contributed by atoms with Crippen molar-refractivity contribution < 1.29 is 8.42 Å². The number of hydrogen-bond acceptors (Lipinski definition) is 4. The summed E-state index contributed by atoms with van der Waals surface area (Å²) < 4.78 is 27.8. The van der Waals surface area contributed by atoms with Crippen LogP contribution < -0.4 is 10.0 Å². The highest BCUT2D eigenvalue weighted by molar-refractivity contribution is 9.11. The molecule has 0 radical (unpaired) electrons. The van der Waals surface area contributed by atoms with Gasteiger partial charge in [-0.05, 0) is 34.3 Å². The van der Waals surface area contributed by atoms with Crippen molar-refractivity contribution in [2.24, 2.45) is 5.92 Å². The first kappa shape index (κ1) is 18.1. The van der Waals surface area contributed by atoms with Crippen LogP contribution >= 0.6 is 27.3 Å². The molecule has 0 amide bonds. The summed E-state index contributed by atoms with van der Waals surface area (Å²) in [5.74, 6) is 0.481. The van der Waals surface area contributed by atoms with E-state index in [1.54, 1.807) is 6.07 Å². The second-order valence-corrected chi connectivity index (χ2v) is 9.66. The van der Waals surface area contributed by atoms with Gasteiger partial charge in [-0.25, -0.2) is 13.1 Å². The molecule has 0 saturated heterocycles. The minimum Gasteiger partial charge on any atom is -0.310 e. The zero-order valence-corrected chi connectivity index (χ0v) is 15.6. The Morgan fingerprint density at radius 1 is 1.30 bits per heavy atom. The molecule has 0 aliphatic carbocycles. The molecule has 116 valence electrons. The van der Waals surface area contributed by atoms with Gasteiger partial charge in [0, 0.05) is 24.0 Å². The number of hydrogen-bond donors (Lipinski definition) is 2. The van der Waals surface area contributed by atoms with Crippen LogP contribution in [0.3, 0.4) is 0 Å². The Morgan fingerprint density at radius 3 is 2.50 bits per heavy atom. The summed E-state index contributed by atoms with van der Waals surface area (Å²) in [6.45, 7) is 9.43. The zero-order valence-electron chi connectivity index (χ0n) is 12.4. The summed E-state index contributed by atoms with van der Waals surface area (Å²) in [4.78, 5) is 1.35. The lowest BCUT2D eigenvalue weighted by atomic mass is 10.1. The van der Waals surface area contributed by atoms with Gasteiger partial charge >= 0.3 is 0 Å². The number of nitrogens with one attached hydrogen (secondary N) is 2. The molecular weight excluding hydrogens is 360 g/mol. The summed E-state index contributed by atoms with van der Waals surface area (Å²) in [5, 5.41) is 3.29. The lowest BCUT2D eigenvalue weighted by Gasteiger charge is -2.07. The molecule has 0 unspecified atom stereocenters. The first-order valence-electron chi connectivity index (χ1n) is 6.73. The van der Waals surface area contributed by atoms with Gasteiger partial charge in [0.2, 0.25) is 10.0 Å². The summed E-state index contributed by atoms with van der Waals surface area (Å²) in [7, 11) is -3.42. The van der Waals surface area contributed by atoms with Gasteiger partial charge in [-0.1, -0.05) is 27.7 Å². The third-order valence-corrected chi connectivity index (χ3v) is 6.41. The lowest BCUT2D eigenvalue weighted by molar-refractivity contribution is 0.551. The van der Waals surface area contributed by atoms with Crippen LogP contribution in [-0.2, 0) is 16.6 Å². The average Bonchev–Trinajstić information content (AvgIpc) is 2.68. The topological polar surface area (TPSA) is 58.2 Å². The van der Waals surface area contributed by atoms with Crippen molar-refractivity contribution in [1.82, 2.24) is 10.0 Å². The van der Waals surface area contributed by atoms with E-state index in [1.807, 2.05) is 0 Å². The fourth-order valence-electron chi connectivity index (χ4n) is 1.53. The lowest BCUT2D eigenvalue weighted by Crippen LogP contribution is -2.25. The second kappa shape index (κ2) is 7.89. The van der Waals surface area contributed by atoms with Gasteiger partial charge in [-0.15, -0.1) is 11.3 Å². The smallest absolute Gasteiger partial charge is 0.242 e. The maximum atomic E-state index is 12.2. The molecule has 1 rings (SSSR count). The molecule has 0 atom stereocenters. The van der Waals surface area contributed by atoms with E-state index in [1.165, 1.54) is 11.3 Å². The van der Waals surface area contributed by atoms with E-state index in [2.05, 4.69) is 53.7 Å². The fraction of sp³-hybridized carbons (Fsp3) is 0.692. The fourth-order valence-corrected chi connectivity index (χ4v) is 5.21. The Balaban J connectivity index is 2.74. The van der Waals surface area contributed by atoms with Crippen molar-refractivity contribution in [3.05, 3.63) is 14.7 Å². The maximum absolute atomic E-state index is 12.2. The molecule has 4 nitrogen and oxygen atoms in total. The molecule has 0 saturated carbocycles. The van der Waals surface area contributed by atoms with Crippen molar-refractivity contribution in [3.63, 3.8) is 0 Å². The molecule has 1 aromatic rings. The molecule has 0 aliphatic rings. The van der Waals surface area contributed by atoms with Crippen molar-refractivity contribution in [3.8, 4) is 0 Å².